The molecule has 0 saturated carbocycles. The molecule has 3 atom stereocenters. The smallest absolute Gasteiger partial charge is 0.134 e. The van der Waals surface area contributed by atoms with E-state index in [4.69, 9.17) is 4.74 Å². The highest BCUT2D eigenvalue weighted by Crippen LogP contribution is 2.35. The minimum Gasteiger partial charge on any atom is -0.507 e. The number of nitrogens with zero attached hydrogens (tertiary/aromatic N) is 1. The van der Waals surface area contributed by atoms with Gasteiger partial charge in [-0.15, -0.1) is 0 Å². The number of rotatable bonds is 5. The Bertz CT molecular complexity index is 826. The summed E-state index contributed by atoms with van der Waals surface area (Å²) in [7, 11) is 0. The summed E-state index contributed by atoms with van der Waals surface area (Å²) in [6, 6.07) is 13.7. The standard InChI is InChI=1S/C22H25NO4.C2H6/c1-2-14-3-5-15(6-4-14)7-16-8-17(9-21(26)20(16)12-23)22-11-18(25)10-19(13-24)27-22;1-2/h3-6,8-9,18-19,22,24-26H,2,7,10-11,13H2,1H3;1-2H3/t18-,19-,22+;/m0./s1. The summed E-state index contributed by atoms with van der Waals surface area (Å²) < 4.78 is 5.85. The normalized spacial score (nSPS) is 21.0. The molecule has 1 saturated heterocycles. The van der Waals surface area contributed by atoms with Crippen LogP contribution in [0.5, 0.6) is 5.75 Å². The van der Waals surface area contributed by atoms with Crippen LogP contribution >= 0.6 is 0 Å². The Hall–Kier alpha value is -2.39. The van der Waals surface area contributed by atoms with Gasteiger partial charge in [-0.05, 0) is 41.2 Å². The van der Waals surface area contributed by atoms with Gasteiger partial charge >= 0.3 is 0 Å². The highest BCUT2D eigenvalue weighted by molar-refractivity contribution is 5.52. The molecule has 1 aliphatic rings. The van der Waals surface area contributed by atoms with Crippen molar-refractivity contribution < 1.29 is 20.1 Å². The van der Waals surface area contributed by atoms with Crippen LogP contribution in [0.25, 0.3) is 0 Å². The van der Waals surface area contributed by atoms with E-state index in [2.05, 4.69) is 25.1 Å². The molecule has 1 fully saturated rings. The zero-order chi connectivity index (χ0) is 21.4. The van der Waals surface area contributed by atoms with E-state index in [9.17, 15) is 20.6 Å². The molecule has 2 aromatic carbocycles. The van der Waals surface area contributed by atoms with Crippen molar-refractivity contribution in [2.75, 3.05) is 6.61 Å². The summed E-state index contributed by atoms with van der Waals surface area (Å²) in [6.45, 7) is 5.94. The molecule has 156 valence electrons. The fourth-order valence-electron chi connectivity index (χ4n) is 3.60. The van der Waals surface area contributed by atoms with E-state index in [0.29, 0.717) is 24.8 Å². The Morgan fingerprint density at radius 1 is 1.10 bits per heavy atom. The van der Waals surface area contributed by atoms with Crippen molar-refractivity contribution in [3.05, 3.63) is 64.2 Å². The maximum absolute atomic E-state index is 10.4. The minimum absolute atomic E-state index is 0.0839. The molecule has 0 aliphatic carbocycles. The van der Waals surface area contributed by atoms with E-state index in [-0.39, 0.29) is 17.9 Å². The van der Waals surface area contributed by atoms with Crippen molar-refractivity contribution in [2.24, 2.45) is 0 Å². The van der Waals surface area contributed by atoms with E-state index in [1.54, 1.807) is 0 Å². The SMILES string of the molecule is CC.CCc1ccc(Cc2cc([C@H]3C[C@@H](O)C[C@@H](CO)O3)cc(O)c2C#N)cc1. The first-order chi connectivity index (χ1) is 14.0. The average molecular weight is 398 g/mol. The third kappa shape index (κ3) is 5.80. The average Bonchev–Trinajstić information content (AvgIpc) is 2.75. The maximum Gasteiger partial charge on any atom is 0.134 e. The maximum atomic E-state index is 10.4. The lowest BCUT2D eigenvalue weighted by molar-refractivity contribution is -0.113. The van der Waals surface area contributed by atoms with Crippen molar-refractivity contribution in [2.45, 2.75) is 64.8 Å². The molecule has 1 aliphatic heterocycles. The highest BCUT2D eigenvalue weighted by atomic mass is 16.5. The van der Waals surface area contributed by atoms with Gasteiger partial charge in [-0.3, -0.25) is 0 Å². The summed E-state index contributed by atoms with van der Waals surface area (Å²) in [4.78, 5) is 0. The van der Waals surface area contributed by atoms with Crippen LogP contribution in [0.15, 0.2) is 36.4 Å². The predicted octanol–water partition coefficient (Wildman–Crippen LogP) is 4.02. The van der Waals surface area contributed by atoms with Crippen LogP contribution in [-0.4, -0.2) is 34.1 Å². The molecule has 29 heavy (non-hydrogen) atoms. The number of aryl methyl sites for hydroxylation is 1. The van der Waals surface area contributed by atoms with Crippen molar-refractivity contribution in [1.29, 1.82) is 5.26 Å². The first-order valence-electron chi connectivity index (χ1n) is 10.3. The van der Waals surface area contributed by atoms with Crippen molar-refractivity contribution in [3.8, 4) is 11.8 Å². The van der Waals surface area contributed by atoms with Crippen LogP contribution in [-0.2, 0) is 17.6 Å². The lowest BCUT2D eigenvalue weighted by Crippen LogP contribution is -2.33. The van der Waals surface area contributed by atoms with E-state index in [0.717, 1.165) is 17.5 Å². The first kappa shape index (κ1) is 22.9. The van der Waals surface area contributed by atoms with Crippen LogP contribution in [0.4, 0.5) is 0 Å². The summed E-state index contributed by atoms with van der Waals surface area (Å²) in [5.74, 6) is -0.0839. The number of aliphatic hydroxyl groups excluding tert-OH is 2. The van der Waals surface area contributed by atoms with E-state index in [1.807, 2.05) is 32.0 Å². The summed E-state index contributed by atoms with van der Waals surface area (Å²) in [6.07, 6.45) is 0.856. The van der Waals surface area contributed by atoms with Crippen LogP contribution in [0, 0.1) is 11.3 Å². The molecule has 1 heterocycles. The number of aliphatic hydroxyl groups is 2. The zero-order valence-corrected chi connectivity index (χ0v) is 17.4. The van der Waals surface area contributed by atoms with Gasteiger partial charge in [0.1, 0.15) is 11.8 Å². The Labute approximate surface area is 173 Å². The number of hydrogen-bond donors (Lipinski definition) is 3. The molecule has 3 N–H and O–H groups in total. The van der Waals surface area contributed by atoms with E-state index in [1.165, 1.54) is 11.6 Å². The second-order valence-corrected chi connectivity index (χ2v) is 7.09. The lowest BCUT2D eigenvalue weighted by atomic mass is 9.91. The van der Waals surface area contributed by atoms with Crippen LogP contribution < -0.4 is 0 Å². The largest absolute Gasteiger partial charge is 0.507 e. The molecule has 5 nitrogen and oxygen atoms in total. The number of aromatic hydroxyl groups is 1. The molecule has 2 aromatic rings. The summed E-state index contributed by atoms with van der Waals surface area (Å²) in [5.41, 5.74) is 3.99. The Morgan fingerprint density at radius 2 is 1.76 bits per heavy atom. The number of nitriles is 1. The van der Waals surface area contributed by atoms with Gasteiger partial charge < -0.3 is 20.1 Å². The minimum atomic E-state index is -0.566. The topological polar surface area (TPSA) is 93.7 Å². The number of phenols is 1. The number of benzene rings is 2. The quantitative estimate of drug-likeness (QED) is 0.709. The van der Waals surface area contributed by atoms with Crippen LogP contribution in [0.1, 0.15) is 67.5 Å². The van der Waals surface area contributed by atoms with Crippen molar-refractivity contribution >= 4 is 0 Å². The van der Waals surface area contributed by atoms with E-state index < -0.39 is 18.3 Å². The molecule has 0 unspecified atom stereocenters. The van der Waals surface area contributed by atoms with Gasteiger partial charge in [-0.2, -0.15) is 5.26 Å². The summed E-state index contributed by atoms with van der Waals surface area (Å²) >= 11 is 0. The molecule has 5 heteroatoms. The lowest BCUT2D eigenvalue weighted by Gasteiger charge is -2.33. The van der Waals surface area contributed by atoms with Gasteiger partial charge in [-0.1, -0.05) is 51.1 Å². The Balaban J connectivity index is 0.00000145. The Kier molecular flexibility index (Phi) is 8.66. The fourth-order valence-corrected chi connectivity index (χ4v) is 3.60. The first-order valence-corrected chi connectivity index (χ1v) is 10.3. The summed E-state index contributed by atoms with van der Waals surface area (Å²) in [5, 5.41) is 39.3. The van der Waals surface area contributed by atoms with Gasteiger partial charge in [0.15, 0.2) is 0 Å². The Morgan fingerprint density at radius 3 is 2.34 bits per heavy atom. The van der Waals surface area contributed by atoms with Gasteiger partial charge in [0, 0.05) is 12.8 Å². The molecule has 0 aromatic heterocycles. The molecule has 0 bridgehead atoms. The third-order valence-corrected chi connectivity index (χ3v) is 5.11. The number of phenolic OH excluding ortho intramolecular Hbond substituents is 1. The third-order valence-electron chi connectivity index (χ3n) is 5.11. The van der Waals surface area contributed by atoms with E-state index >= 15 is 0 Å². The second-order valence-electron chi connectivity index (χ2n) is 7.09. The highest BCUT2D eigenvalue weighted by Gasteiger charge is 2.30. The molecule has 0 amide bonds. The fraction of sp³-hybridized carbons (Fsp3) is 0.458. The number of ether oxygens (including phenoxy) is 1. The number of hydrogen-bond acceptors (Lipinski definition) is 5. The van der Waals surface area contributed by atoms with Crippen molar-refractivity contribution in [3.63, 3.8) is 0 Å². The molecule has 0 spiro atoms. The molecular formula is C24H31NO4. The van der Waals surface area contributed by atoms with Gasteiger partial charge in [0.25, 0.3) is 0 Å². The molecule has 0 radical (unpaired) electrons. The monoisotopic (exact) mass is 397 g/mol. The molecular weight excluding hydrogens is 366 g/mol. The molecule has 3 rings (SSSR count). The van der Waals surface area contributed by atoms with Crippen molar-refractivity contribution in [1.82, 2.24) is 0 Å². The zero-order valence-electron chi connectivity index (χ0n) is 17.4. The van der Waals surface area contributed by atoms with Gasteiger partial charge in [-0.25, -0.2) is 0 Å². The van der Waals surface area contributed by atoms with Crippen LogP contribution in [0.3, 0.4) is 0 Å². The van der Waals surface area contributed by atoms with Crippen LogP contribution in [0.2, 0.25) is 0 Å². The van der Waals surface area contributed by atoms with Gasteiger partial charge in [0.2, 0.25) is 0 Å². The second kappa shape index (κ2) is 11.0. The van der Waals surface area contributed by atoms with Gasteiger partial charge in [0.05, 0.1) is 30.5 Å². The predicted molar refractivity (Wildman–Crippen MR) is 113 cm³/mol.